The molecule has 0 fully saturated rings. The summed E-state index contributed by atoms with van der Waals surface area (Å²) in [4.78, 5) is 0. The molecule has 0 unspecified atom stereocenters. The minimum Gasteiger partial charge on any atom is -0.494 e. The van der Waals surface area contributed by atoms with Crippen LogP contribution < -0.4 is 10.1 Å². The predicted molar refractivity (Wildman–Crippen MR) is 62.7 cm³/mol. The summed E-state index contributed by atoms with van der Waals surface area (Å²) in [7, 11) is 1.44. The van der Waals surface area contributed by atoms with E-state index in [1.54, 1.807) is 6.07 Å². The van der Waals surface area contributed by atoms with Gasteiger partial charge in [-0.25, -0.2) is 4.39 Å². The average Bonchev–Trinajstić information content (AvgIpc) is 2.27. The number of terminal acetylenes is 1. The second kappa shape index (κ2) is 5.00. The lowest BCUT2D eigenvalue weighted by molar-refractivity contribution is 0.385. The molecule has 0 amide bonds. The Morgan fingerprint density at radius 2 is 2.19 bits per heavy atom. The maximum absolute atomic E-state index is 13.4. The van der Waals surface area contributed by atoms with E-state index in [2.05, 4.69) is 11.2 Å². The van der Waals surface area contributed by atoms with E-state index in [9.17, 15) is 4.39 Å². The third-order valence-corrected chi connectivity index (χ3v) is 2.31. The van der Waals surface area contributed by atoms with Gasteiger partial charge >= 0.3 is 0 Å². The van der Waals surface area contributed by atoms with Crippen molar-refractivity contribution in [2.24, 2.45) is 0 Å². The van der Waals surface area contributed by atoms with Gasteiger partial charge in [0.2, 0.25) is 0 Å². The van der Waals surface area contributed by atoms with Crippen LogP contribution in [-0.4, -0.2) is 12.6 Å². The zero-order valence-corrected chi connectivity index (χ0v) is 9.80. The zero-order valence-electron chi connectivity index (χ0n) is 9.80. The number of methoxy groups -OCH3 is 1. The number of ether oxygens (including phenoxy) is 1. The van der Waals surface area contributed by atoms with Crippen LogP contribution in [0, 0.1) is 18.2 Å². The van der Waals surface area contributed by atoms with Crippen LogP contribution in [0.15, 0.2) is 18.2 Å². The molecule has 0 aliphatic heterocycles. The quantitative estimate of drug-likeness (QED) is 0.788. The van der Waals surface area contributed by atoms with Crippen LogP contribution >= 0.6 is 0 Å². The van der Waals surface area contributed by atoms with E-state index in [1.807, 2.05) is 19.9 Å². The van der Waals surface area contributed by atoms with Gasteiger partial charge in [-0.15, -0.1) is 6.42 Å². The molecule has 0 aliphatic rings. The van der Waals surface area contributed by atoms with Gasteiger partial charge in [0.15, 0.2) is 11.6 Å². The lowest BCUT2D eigenvalue weighted by Crippen LogP contribution is -2.36. The standard InChI is InChI=1S/C13H16FNO/c1-5-13(2,3)15-9-10-6-7-12(16-4)11(14)8-10/h1,6-8,15H,9H2,2-4H3. The summed E-state index contributed by atoms with van der Waals surface area (Å²) >= 11 is 0. The molecule has 3 heteroatoms. The first kappa shape index (κ1) is 12.5. The Balaban J connectivity index is 2.70. The molecule has 86 valence electrons. The van der Waals surface area contributed by atoms with E-state index < -0.39 is 5.54 Å². The summed E-state index contributed by atoms with van der Waals surface area (Å²) in [6.07, 6.45) is 5.34. The second-order valence-electron chi connectivity index (χ2n) is 4.09. The van der Waals surface area contributed by atoms with Crippen LogP contribution in [0.25, 0.3) is 0 Å². The van der Waals surface area contributed by atoms with E-state index in [-0.39, 0.29) is 11.6 Å². The van der Waals surface area contributed by atoms with Crippen molar-refractivity contribution in [2.45, 2.75) is 25.9 Å². The van der Waals surface area contributed by atoms with Gasteiger partial charge < -0.3 is 4.74 Å². The molecule has 2 nitrogen and oxygen atoms in total. The van der Waals surface area contributed by atoms with Gasteiger partial charge in [-0.1, -0.05) is 12.0 Å². The van der Waals surface area contributed by atoms with Crippen molar-refractivity contribution in [3.8, 4) is 18.1 Å². The lowest BCUT2D eigenvalue weighted by atomic mass is 10.1. The molecular weight excluding hydrogens is 205 g/mol. The normalized spacial score (nSPS) is 10.9. The number of hydrogen-bond donors (Lipinski definition) is 1. The van der Waals surface area contributed by atoms with Gasteiger partial charge in [0.05, 0.1) is 12.6 Å². The summed E-state index contributed by atoms with van der Waals surface area (Å²) in [5, 5.41) is 3.15. The minimum absolute atomic E-state index is 0.250. The monoisotopic (exact) mass is 221 g/mol. The highest BCUT2D eigenvalue weighted by atomic mass is 19.1. The number of rotatable bonds is 4. The Hall–Kier alpha value is -1.53. The topological polar surface area (TPSA) is 21.3 Å². The van der Waals surface area contributed by atoms with Crippen LogP contribution in [0.1, 0.15) is 19.4 Å². The summed E-state index contributed by atoms with van der Waals surface area (Å²) in [6, 6.07) is 4.86. The molecule has 0 aliphatic carbocycles. The van der Waals surface area contributed by atoms with Crippen LogP contribution in [0.3, 0.4) is 0 Å². The van der Waals surface area contributed by atoms with Gasteiger partial charge in [0.1, 0.15) is 0 Å². The zero-order chi connectivity index (χ0) is 12.2. The maximum atomic E-state index is 13.4. The molecule has 0 saturated carbocycles. The van der Waals surface area contributed by atoms with Gasteiger partial charge in [0, 0.05) is 6.54 Å². The van der Waals surface area contributed by atoms with Crippen LogP contribution in [0.4, 0.5) is 4.39 Å². The van der Waals surface area contributed by atoms with Gasteiger partial charge in [-0.2, -0.15) is 0 Å². The molecule has 0 saturated heterocycles. The molecule has 0 aromatic heterocycles. The molecule has 1 rings (SSSR count). The summed E-state index contributed by atoms with van der Waals surface area (Å²) in [5.41, 5.74) is 0.442. The fourth-order valence-electron chi connectivity index (χ4n) is 1.19. The van der Waals surface area contributed by atoms with E-state index in [0.29, 0.717) is 6.54 Å². The Morgan fingerprint density at radius 3 is 2.69 bits per heavy atom. The molecule has 0 atom stereocenters. The highest BCUT2D eigenvalue weighted by Crippen LogP contribution is 2.17. The van der Waals surface area contributed by atoms with Gasteiger partial charge in [-0.05, 0) is 31.5 Å². The molecule has 0 radical (unpaired) electrons. The lowest BCUT2D eigenvalue weighted by Gasteiger charge is -2.19. The van der Waals surface area contributed by atoms with Crippen molar-refractivity contribution in [1.29, 1.82) is 0 Å². The number of hydrogen-bond acceptors (Lipinski definition) is 2. The maximum Gasteiger partial charge on any atom is 0.165 e. The third kappa shape index (κ3) is 3.25. The molecular formula is C13H16FNO. The number of benzene rings is 1. The molecule has 1 aromatic rings. The van der Waals surface area contributed by atoms with Crippen molar-refractivity contribution in [3.63, 3.8) is 0 Å². The molecule has 0 bridgehead atoms. The predicted octanol–water partition coefficient (Wildman–Crippen LogP) is 2.34. The van der Waals surface area contributed by atoms with Crippen molar-refractivity contribution in [2.75, 3.05) is 7.11 Å². The highest BCUT2D eigenvalue weighted by Gasteiger charge is 2.12. The van der Waals surface area contributed by atoms with E-state index in [0.717, 1.165) is 5.56 Å². The first-order valence-corrected chi connectivity index (χ1v) is 5.04. The van der Waals surface area contributed by atoms with Crippen LogP contribution in [-0.2, 0) is 6.54 Å². The summed E-state index contributed by atoms with van der Waals surface area (Å²) in [5.74, 6) is 2.51. The van der Waals surface area contributed by atoms with Crippen molar-refractivity contribution < 1.29 is 9.13 Å². The van der Waals surface area contributed by atoms with Crippen molar-refractivity contribution in [1.82, 2.24) is 5.32 Å². The Labute approximate surface area is 95.8 Å². The van der Waals surface area contributed by atoms with Crippen LogP contribution in [0.2, 0.25) is 0 Å². The summed E-state index contributed by atoms with van der Waals surface area (Å²) in [6.45, 7) is 4.32. The molecule has 0 spiro atoms. The van der Waals surface area contributed by atoms with Gasteiger partial charge in [-0.3, -0.25) is 5.32 Å². The van der Waals surface area contributed by atoms with E-state index in [4.69, 9.17) is 11.2 Å². The fourth-order valence-corrected chi connectivity index (χ4v) is 1.19. The van der Waals surface area contributed by atoms with Crippen molar-refractivity contribution >= 4 is 0 Å². The number of halogens is 1. The minimum atomic E-state index is -0.392. The second-order valence-corrected chi connectivity index (χ2v) is 4.09. The highest BCUT2D eigenvalue weighted by molar-refractivity contribution is 5.29. The van der Waals surface area contributed by atoms with Crippen molar-refractivity contribution in [3.05, 3.63) is 29.6 Å². The SMILES string of the molecule is C#CC(C)(C)NCc1ccc(OC)c(F)c1. The average molecular weight is 221 g/mol. The molecule has 1 aromatic carbocycles. The molecule has 0 heterocycles. The molecule has 16 heavy (non-hydrogen) atoms. The Morgan fingerprint density at radius 1 is 1.50 bits per heavy atom. The van der Waals surface area contributed by atoms with E-state index >= 15 is 0 Å². The summed E-state index contributed by atoms with van der Waals surface area (Å²) < 4.78 is 18.2. The fraction of sp³-hybridized carbons (Fsp3) is 0.385. The first-order chi connectivity index (χ1) is 7.48. The van der Waals surface area contributed by atoms with E-state index in [1.165, 1.54) is 13.2 Å². The number of nitrogens with one attached hydrogen (secondary N) is 1. The Bertz CT molecular complexity index is 407. The largest absolute Gasteiger partial charge is 0.494 e. The third-order valence-electron chi connectivity index (χ3n) is 2.31. The Kier molecular flexibility index (Phi) is 3.92. The smallest absolute Gasteiger partial charge is 0.165 e. The molecule has 1 N–H and O–H groups in total. The van der Waals surface area contributed by atoms with Crippen LogP contribution in [0.5, 0.6) is 5.75 Å². The van der Waals surface area contributed by atoms with Gasteiger partial charge in [0.25, 0.3) is 0 Å². The first-order valence-electron chi connectivity index (χ1n) is 5.04.